The van der Waals surface area contributed by atoms with E-state index >= 15 is 0 Å². The Labute approximate surface area is 179 Å². The van der Waals surface area contributed by atoms with E-state index in [1.807, 2.05) is 0 Å². The van der Waals surface area contributed by atoms with E-state index in [1.54, 1.807) is 13.8 Å². The second-order valence-electron chi connectivity index (χ2n) is 7.63. The highest BCUT2D eigenvalue weighted by molar-refractivity contribution is 5.94. The molecule has 178 valence electrons. The lowest BCUT2D eigenvalue weighted by Gasteiger charge is -2.27. The van der Waals surface area contributed by atoms with Gasteiger partial charge in [0.25, 0.3) is 0 Å². The predicted molar refractivity (Wildman–Crippen MR) is 108 cm³/mol. The van der Waals surface area contributed by atoms with E-state index < -0.39 is 71.9 Å². The number of aliphatic carboxylic acids is 1. The summed E-state index contributed by atoms with van der Waals surface area (Å²) in [6, 6.07) is -5.53. The Bertz CT molecular complexity index is 667. The van der Waals surface area contributed by atoms with Crippen LogP contribution in [0.1, 0.15) is 40.5 Å². The number of carboxylic acids is 1. The van der Waals surface area contributed by atoms with Crippen LogP contribution in [-0.4, -0.2) is 81.3 Å². The maximum atomic E-state index is 12.7. The summed E-state index contributed by atoms with van der Waals surface area (Å²) < 4.78 is 0. The average molecular weight is 447 g/mol. The van der Waals surface area contributed by atoms with Gasteiger partial charge in [0.2, 0.25) is 23.6 Å². The maximum absolute atomic E-state index is 12.7. The monoisotopic (exact) mass is 447 g/mol. The Morgan fingerprint density at radius 1 is 0.806 bits per heavy atom. The first-order valence-electron chi connectivity index (χ1n) is 9.72. The molecule has 0 heterocycles. The van der Waals surface area contributed by atoms with Gasteiger partial charge < -0.3 is 42.7 Å². The van der Waals surface area contributed by atoms with Crippen molar-refractivity contribution in [2.75, 3.05) is 0 Å². The van der Waals surface area contributed by atoms with Crippen LogP contribution in [0.4, 0.5) is 0 Å². The van der Waals surface area contributed by atoms with Crippen molar-refractivity contribution in [1.29, 1.82) is 0 Å². The van der Waals surface area contributed by atoms with E-state index in [9.17, 15) is 39.3 Å². The maximum Gasteiger partial charge on any atom is 0.326 e. The zero-order valence-corrected chi connectivity index (χ0v) is 18.0. The third-order valence-electron chi connectivity index (χ3n) is 4.43. The summed E-state index contributed by atoms with van der Waals surface area (Å²) in [4.78, 5) is 59.7. The minimum Gasteiger partial charge on any atom is -0.480 e. The molecule has 0 aromatic carbocycles. The molecule has 31 heavy (non-hydrogen) atoms. The molecule has 6 unspecified atom stereocenters. The van der Waals surface area contributed by atoms with E-state index in [1.165, 1.54) is 13.8 Å². The van der Waals surface area contributed by atoms with Crippen molar-refractivity contribution in [3.05, 3.63) is 0 Å². The van der Waals surface area contributed by atoms with Crippen molar-refractivity contribution in [3.63, 3.8) is 0 Å². The Morgan fingerprint density at radius 2 is 1.32 bits per heavy atom. The van der Waals surface area contributed by atoms with Crippen LogP contribution < -0.4 is 27.4 Å². The Balaban J connectivity index is 5.49. The fraction of sp³-hybridized carbons (Fsp3) is 0.722. The summed E-state index contributed by atoms with van der Waals surface area (Å²) in [7, 11) is 0. The number of aliphatic hydroxyl groups is 2. The number of carbonyl (C=O) groups is 5. The number of carboxylic acid groups (broad SMARTS) is 1. The zero-order chi connectivity index (χ0) is 24.5. The molecule has 4 amide bonds. The van der Waals surface area contributed by atoms with Crippen LogP contribution in [-0.2, 0) is 24.0 Å². The molecular formula is C18H33N5O8. The van der Waals surface area contributed by atoms with Crippen molar-refractivity contribution in [1.82, 2.24) is 16.0 Å². The van der Waals surface area contributed by atoms with E-state index in [0.29, 0.717) is 0 Å². The number of nitrogens with two attached hydrogens (primary N) is 2. The third-order valence-corrected chi connectivity index (χ3v) is 4.43. The molecule has 0 bridgehead atoms. The van der Waals surface area contributed by atoms with Crippen LogP contribution >= 0.6 is 0 Å². The van der Waals surface area contributed by atoms with Gasteiger partial charge >= 0.3 is 5.97 Å². The Morgan fingerprint density at radius 3 is 1.71 bits per heavy atom. The van der Waals surface area contributed by atoms with Crippen LogP contribution in [0, 0.1) is 5.92 Å². The first-order valence-corrected chi connectivity index (χ1v) is 9.72. The van der Waals surface area contributed by atoms with Crippen molar-refractivity contribution >= 4 is 29.6 Å². The number of hydrogen-bond acceptors (Lipinski definition) is 8. The van der Waals surface area contributed by atoms with Crippen molar-refractivity contribution < 1.29 is 39.3 Å². The SMILES string of the molecule is CC(C)C(NC(=O)C(NC(=O)C(CCC(N)=O)NC(=O)C(N)C(C)O)C(C)O)C(=O)O. The minimum atomic E-state index is -1.55. The van der Waals surface area contributed by atoms with Crippen molar-refractivity contribution in [2.45, 2.75) is 76.9 Å². The molecule has 13 heteroatoms. The fourth-order valence-electron chi connectivity index (χ4n) is 2.46. The lowest BCUT2D eigenvalue weighted by Crippen LogP contribution is -2.60. The van der Waals surface area contributed by atoms with Gasteiger partial charge in [0.05, 0.1) is 12.2 Å². The molecule has 0 aromatic rings. The number of rotatable bonds is 13. The Kier molecular flexibility index (Phi) is 11.7. The molecule has 0 spiro atoms. The topological polar surface area (TPSA) is 234 Å². The summed E-state index contributed by atoms with van der Waals surface area (Å²) in [6.45, 7) is 5.60. The normalized spacial score (nSPS) is 16.9. The van der Waals surface area contributed by atoms with Gasteiger partial charge in [-0.1, -0.05) is 13.8 Å². The first kappa shape index (κ1) is 28.2. The molecule has 13 nitrogen and oxygen atoms in total. The molecule has 0 radical (unpaired) electrons. The summed E-state index contributed by atoms with van der Waals surface area (Å²) in [5.41, 5.74) is 10.6. The number of aliphatic hydroxyl groups excluding tert-OH is 2. The molecule has 6 atom stereocenters. The number of carbonyl (C=O) groups excluding carboxylic acids is 4. The quantitative estimate of drug-likeness (QED) is 0.140. The number of hydrogen-bond donors (Lipinski definition) is 8. The highest BCUT2D eigenvalue weighted by Gasteiger charge is 2.33. The predicted octanol–water partition coefficient (Wildman–Crippen LogP) is -3.46. The number of amides is 4. The lowest BCUT2D eigenvalue weighted by molar-refractivity contribution is -0.144. The molecule has 10 N–H and O–H groups in total. The largest absolute Gasteiger partial charge is 0.480 e. The molecule has 0 saturated heterocycles. The van der Waals surface area contributed by atoms with Gasteiger partial charge in [0.1, 0.15) is 24.2 Å². The number of primary amides is 1. The van der Waals surface area contributed by atoms with E-state index in [2.05, 4.69) is 16.0 Å². The molecule has 0 aromatic heterocycles. The van der Waals surface area contributed by atoms with E-state index in [4.69, 9.17) is 11.5 Å². The zero-order valence-electron chi connectivity index (χ0n) is 18.0. The van der Waals surface area contributed by atoms with Crippen LogP contribution in [0.25, 0.3) is 0 Å². The average Bonchev–Trinajstić information content (AvgIpc) is 2.64. The van der Waals surface area contributed by atoms with Crippen molar-refractivity contribution in [3.8, 4) is 0 Å². The summed E-state index contributed by atoms with van der Waals surface area (Å²) in [6.07, 6.45) is -3.17. The van der Waals surface area contributed by atoms with E-state index in [-0.39, 0.29) is 12.8 Å². The van der Waals surface area contributed by atoms with Gasteiger partial charge in [-0.15, -0.1) is 0 Å². The smallest absolute Gasteiger partial charge is 0.326 e. The second-order valence-corrected chi connectivity index (χ2v) is 7.63. The van der Waals surface area contributed by atoms with Gasteiger partial charge in [-0.2, -0.15) is 0 Å². The third kappa shape index (κ3) is 9.72. The first-order chi connectivity index (χ1) is 14.2. The van der Waals surface area contributed by atoms with Gasteiger partial charge in [-0.3, -0.25) is 19.2 Å². The highest BCUT2D eigenvalue weighted by atomic mass is 16.4. The van der Waals surface area contributed by atoms with E-state index in [0.717, 1.165) is 0 Å². The van der Waals surface area contributed by atoms with Gasteiger partial charge in [0, 0.05) is 6.42 Å². The minimum absolute atomic E-state index is 0.239. The molecule has 0 aliphatic carbocycles. The molecule has 0 rings (SSSR count). The standard InChI is InChI=1S/C18H33N5O8/c1-7(2)13(18(30)31)22-17(29)14(9(4)25)23-15(27)10(5-6-11(19)26)21-16(28)12(20)8(3)24/h7-10,12-14,24-25H,5-6,20H2,1-4H3,(H2,19,26)(H,21,28)(H,22,29)(H,23,27)(H,30,31). The lowest BCUT2D eigenvalue weighted by atomic mass is 10.0. The molecule has 0 aliphatic heterocycles. The fourth-order valence-corrected chi connectivity index (χ4v) is 2.46. The highest BCUT2D eigenvalue weighted by Crippen LogP contribution is 2.05. The van der Waals surface area contributed by atoms with Crippen LogP contribution in [0.5, 0.6) is 0 Å². The van der Waals surface area contributed by atoms with Gasteiger partial charge in [-0.05, 0) is 26.2 Å². The Hall–Kier alpha value is -2.77. The van der Waals surface area contributed by atoms with Gasteiger partial charge in [0.15, 0.2) is 0 Å². The van der Waals surface area contributed by atoms with Crippen molar-refractivity contribution in [2.24, 2.45) is 17.4 Å². The summed E-state index contributed by atoms with van der Waals surface area (Å²) >= 11 is 0. The second kappa shape index (κ2) is 12.8. The van der Waals surface area contributed by atoms with Gasteiger partial charge in [-0.25, -0.2) is 4.79 Å². The summed E-state index contributed by atoms with van der Waals surface area (Å²) in [5.74, 6) is -5.30. The van der Waals surface area contributed by atoms with Crippen LogP contribution in [0.2, 0.25) is 0 Å². The molecule has 0 fully saturated rings. The molecular weight excluding hydrogens is 414 g/mol. The molecule has 0 aliphatic rings. The van der Waals surface area contributed by atoms with Crippen LogP contribution in [0.15, 0.2) is 0 Å². The summed E-state index contributed by atoms with van der Waals surface area (Å²) in [5, 5.41) is 35.3. The molecule has 0 saturated carbocycles. The van der Waals surface area contributed by atoms with Crippen LogP contribution in [0.3, 0.4) is 0 Å². The number of nitrogens with one attached hydrogen (secondary N) is 3.